The van der Waals surface area contributed by atoms with Crippen molar-refractivity contribution in [2.24, 2.45) is 0 Å². The van der Waals surface area contributed by atoms with E-state index in [1.807, 2.05) is 0 Å². The van der Waals surface area contributed by atoms with Crippen LogP contribution in [-0.4, -0.2) is 38.6 Å². The van der Waals surface area contributed by atoms with Crippen LogP contribution in [0.1, 0.15) is 5.69 Å². The molecular weight excluding hydrogens is 247 g/mol. The molecule has 5 nitrogen and oxygen atoms in total. The molecule has 2 atom stereocenters. The van der Waals surface area contributed by atoms with Crippen molar-refractivity contribution in [3.8, 4) is 0 Å². The summed E-state index contributed by atoms with van der Waals surface area (Å²) in [6.07, 6.45) is 0.948. The predicted molar refractivity (Wildman–Crippen MR) is 61.4 cm³/mol. The van der Waals surface area contributed by atoms with Crippen LogP contribution < -0.4 is 5.69 Å². The fourth-order valence-electron chi connectivity index (χ4n) is 1.60. The van der Waals surface area contributed by atoms with Gasteiger partial charge in [-0.2, -0.15) is 4.98 Å². The van der Waals surface area contributed by atoms with Crippen molar-refractivity contribution in [2.45, 2.75) is 25.0 Å². The third kappa shape index (κ3) is 2.85. The predicted octanol–water partition coefficient (Wildman–Crippen LogP) is 0.141. The van der Waals surface area contributed by atoms with Crippen LogP contribution in [0.5, 0.6) is 0 Å². The van der Waals surface area contributed by atoms with Crippen molar-refractivity contribution in [1.82, 2.24) is 9.55 Å². The minimum absolute atomic E-state index is 0.0590. The zero-order valence-electron chi connectivity index (χ0n) is 9.30. The molecule has 1 aromatic heterocycles. The maximum atomic E-state index is 13.3. The summed E-state index contributed by atoms with van der Waals surface area (Å²) in [6, 6.07) is 0. The average molecular weight is 260 g/mol. The summed E-state index contributed by atoms with van der Waals surface area (Å²) in [5, 5.41) is 8.90. The lowest BCUT2D eigenvalue weighted by molar-refractivity contribution is 0.0260. The van der Waals surface area contributed by atoms with E-state index >= 15 is 0 Å². The highest BCUT2D eigenvalue weighted by Gasteiger charge is 2.25. The largest absolute Gasteiger partial charge is 0.393 e. The van der Waals surface area contributed by atoms with E-state index in [1.54, 1.807) is 0 Å². The molecule has 94 valence electrons. The topological polar surface area (TPSA) is 64.4 Å². The molecule has 1 aliphatic heterocycles. The number of ether oxygens (including phenoxy) is 1. The van der Waals surface area contributed by atoms with Gasteiger partial charge >= 0.3 is 5.69 Å². The van der Waals surface area contributed by atoms with E-state index in [0.717, 1.165) is 6.20 Å². The van der Waals surface area contributed by atoms with Crippen molar-refractivity contribution in [3.63, 3.8) is 0 Å². The van der Waals surface area contributed by atoms with Crippen molar-refractivity contribution >= 4 is 11.8 Å². The van der Waals surface area contributed by atoms with Gasteiger partial charge in [0.1, 0.15) is 5.44 Å². The third-order valence-corrected chi connectivity index (χ3v) is 3.68. The molecule has 0 aliphatic carbocycles. The van der Waals surface area contributed by atoms with E-state index in [0.29, 0.717) is 5.75 Å². The van der Waals surface area contributed by atoms with Gasteiger partial charge in [0.15, 0.2) is 5.82 Å². The zero-order chi connectivity index (χ0) is 12.4. The molecule has 0 spiro atoms. The number of aliphatic hydroxyl groups is 1. The van der Waals surface area contributed by atoms with Gasteiger partial charge in [-0.05, 0) is 6.92 Å². The van der Waals surface area contributed by atoms with E-state index in [4.69, 9.17) is 9.84 Å². The fraction of sp³-hybridized carbons (Fsp3) is 0.600. The van der Waals surface area contributed by atoms with E-state index in [-0.39, 0.29) is 30.4 Å². The molecule has 1 fully saturated rings. The van der Waals surface area contributed by atoms with Gasteiger partial charge in [0.2, 0.25) is 0 Å². The fourth-order valence-corrected chi connectivity index (χ4v) is 2.55. The summed E-state index contributed by atoms with van der Waals surface area (Å²) >= 11 is 1.48. The number of hydrogen-bond acceptors (Lipinski definition) is 5. The minimum Gasteiger partial charge on any atom is -0.393 e. The highest BCUT2D eigenvalue weighted by molar-refractivity contribution is 8.00. The second-order valence-electron chi connectivity index (χ2n) is 3.81. The molecule has 1 aromatic rings. The maximum Gasteiger partial charge on any atom is 0.348 e. The number of hydrogen-bond donors (Lipinski definition) is 1. The van der Waals surface area contributed by atoms with E-state index in [1.165, 1.54) is 23.3 Å². The molecule has 17 heavy (non-hydrogen) atoms. The molecule has 0 amide bonds. The molecule has 1 N–H and O–H groups in total. The van der Waals surface area contributed by atoms with Crippen LogP contribution in [-0.2, 0) is 11.3 Å². The standard InChI is InChI=1S/C10H13FN2O3S/c1-6-8(11)3-13(10(15)12-6)2-7-5-17-9(4-14)16-7/h3,7,9,14H,2,4-5H2,1H3/t7-,9-/m1/s1. The first kappa shape index (κ1) is 12.5. The van der Waals surface area contributed by atoms with Gasteiger partial charge < -0.3 is 9.84 Å². The number of aliphatic hydroxyl groups excluding tert-OH is 1. The molecular formula is C10H13FN2O3S. The Morgan fingerprint density at radius 3 is 3.18 bits per heavy atom. The van der Waals surface area contributed by atoms with E-state index in [2.05, 4.69) is 4.98 Å². The van der Waals surface area contributed by atoms with E-state index in [9.17, 15) is 9.18 Å². The Balaban J connectivity index is 2.09. The molecule has 0 unspecified atom stereocenters. The molecule has 2 rings (SSSR count). The molecule has 0 aromatic carbocycles. The van der Waals surface area contributed by atoms with Gasteiger partial charge in [0.25, 0.3) is 0 Å². The lowest BCUT2D eigenvalue weighted by atomic mass is 10.3. The number of rotatable bonds is 3. The van der Waals surface area contributed by atoms with Crippen molar-refractivity contribution in [2.75, 3.05) is 12.4 Å². The lowest BCUT2D eigenvalue weighted by Crippen LogP contribution is -2.30. The third-order valence-electron chi connectivity index (χ3n) is 2.49. The minimum atomic E-state index is -0.506. The highest BCUT2D eigenvalue weighted by atomic mass is 32.2. The number of aryl methyl sites for hydroxylation is 1. The van der Waals surface area contributed by atoms with Crippen LogP contribution >= 0.6 is 11.8 Å². The quantitative estimate of drug-likeness (QED) is 0.837. The molecule has 2 heterocycles. The molecule has 0 radical (unpaired) electrons. The Hall–Kier alpha value is -0.920. The van der Waals surface area contributed by atoms with Crippen LogP contribution in [0.25, 0.3) is 0 Å². The lowest BCUT2D eigenvalue weighted by Gasteiger charge is -2.12. The molecule has 0 saturated carbocycles. The SMILES string of the molecule is Cc1nc(=O)n(C[C@@H]2CS[C@H](CO)O2)cc1F. The Kier molecular flexibility index (Phi) is 3.80. The number of thioether (sulfide) groups is 1. The first-order valence-electron chi connectivity index (χ1n) is 5.21. The number of halogens is 1. The van der Waals surface area contributed by atoms with Crippen molar-refractivity contribution in [1.29, 1.82) is 0 Å². The smallest absolute Gasteiger partial charge is 0.348 e. The Bertz CT molecular complexity index is 465. The summed E-state index contributed by atoms with van der Waals surface area (Å²) in [5.41, 5.74) is -0.634. The zero-order valence-corrected chi connectivity index (χ0v) is 10.1. The Labute approximate surface area is 102 Å². The van der Waals surface area contributed by atoms with Crippen LogP contribution in [0.15, 0.2) is 11.0 Å². The number of nitrogens with zero attached hydrogens (tertiary/aromatic N) is 2. The van der Waals surface area contributed by atoms with Crippen molar-refractivity contribution < 1.29 is 14.2 Å². The van der Waals surface area contributed by atoms with Crippen LogP contribution in [0.4, 0.5) is 4.39 Å². The maximum absolute atomic E-state index is 13.3. The monoisotopic (exact) mass is 260 g/mol. The number of aromatic nitrogens is 2. The van der Waals surface area contributed by atoms with Crippen LogP contribution in [0, 0.1) is 12.7 Å². The summed E-state index contributed by atoms with van der Waals surface area (Å²) in [4.78, 5) is 15.1. The first-order chi connectivity index (χ1) is 8.10. The molecule has 1 aliphatic rings. The van der Waals surface area contributed by atoms with Gasteiger partial charge in [0.05, 0.1) is 24.9 Å². The summed E-state index contributed by atoms with van der Waals surface area (Å²) in [5.74, 6) is 0.168. The highest BCUT2D eigenvalue weighted by Crippen LogP contribution is 2.25. The van der Waals surface area contributed by atoms with Gasteiger partial charge in [-0.15, -0.1) is 11.8 Å². The molecule has 1 saturated heterocycles. The average Bonchev–Trinajstić information content (AvgIpc) is 2.73. The van der Waals surface area contributed by atoms with Crippen molar-refractivity contribution in [3.05, 3.63) is 28.2 Å². The second kappa shape index (κ2) is 5.16. The van der Waals surface area contributed by atoms with Gasteiger partial charge in [-0.25, -0.2) is 9.18 Å². The van der Waals surface area contributed by atoms with Gasteiger partial charge in [0, 0.05) is 11.9 Å². The Morgan fingerprint density at radius 1 is 1.76 bits per heavy atom. The molecule has 0 bridgehead atoms. The van der Waals surface area contributed by atoms with Crippen LogP contribution in [0.2, 0.25) is 0 Å². The Morgan fingerprint density at radius 2 is 2.53 bits per heavy atom. The van der Waals surface area contributed by atoms with Crippen LogP contribution in [0.3, 0.4) is 0 Å². The summed E-state index contributed by atoms with van der Waals surface area (Å²) in [7, 11) is 0. The normalized spacial score (nSPS) is 24.2. The summed E-state index contributed by atoms with van der Waals surface area (Å²) in [6.45, 7) is 1.65. The van der Waals surface area contributed by atoms with E-state index < -0.39 is 11.5 Å². The van der Waals surface area contributed by atoms with Gasteiger partial charge in [-0.1, -0.05) is 0 Å². The van der Waals surface area contributed by atoms with Gasteiger partial charge in [-0.3, -0.25) is 4.57 Å². The first-order valence-corrected chi connectivity index (χ1v) is 6.26. The second-order valence-corrected chi connectivity index (χ2v) is 5.01. The summed E-state index contributed by atoms with van der Waals surface area (Å²) < 4.78 is 19.9. The molecule has 7 heteroatoms.